The van der Waals surface area contributed by atoms with Gasteiger partial charge in [0.05, 0.1) is 11.1 Å². The van der Waals surface area contributed by atoms with E-state index in [1.54, 1.807) is 24.3 Å². The minimum atomic E-state index is -0.708. The minimum Gasteiger partial charge on any atom is -0.507 e. The van der Waals surface area contributed by atoms with Crippen molar-refractivity contribution in [1.29, 1.82) is 0 Å². The second-order valence-corrected chi connectivity index (χ2v) is 4.82. The van der Waals surface area contributed by atoms with Crippen LogP contribution in [0.3, 0.4) is 0 Å². The SMILES string of the molecule is C=CCc1cccc(/C=N\NC(=O)c2ccccc2[N+](=O)[O-])c1O. The van der Waals surface area contributed by atoms with Gasteiger partial charge >= 0.3 is 0 Å². The van der Waals surface area contributed by atoms with E-state index in [1.165, 1.54) is 30.5 Å². The van der Waals surface area contributed by atoms with Crippen molar-refractivity contribution in [2.24, 2.45) is 5.10 Å². The Kier molecular flexibility index (Phi) is 5.40. The Morgan fingerprint density at radius 1 is 1.29 bits per heavy atom. The lowest BCUT2D eigenvalue weighted by Crippen LogP contribution is -2.19. The van der Waals surface area contributed by atoms with Crippen LogP contribution in [-0.2, 0) is 6.42 Å². The predicted octanol–water partition coefficient (Wildman–Crippen LogP) is 2.79. The van der Waals surface area contributed by atoms with E-state index in [2.05, 4.69) is 17.1 Å². The van der Waals surface area contributed by atoms with E-state index in [0.29, 0.717) is 17.5 Å². The van der Waals surface area contributed by atoms with E-state index >= 15 is 0 Å². The van der Waals surface area contributed by atoms with Crippen LogP contribution in [0.2, 0.25) is 0 Å². The average molecular weight is 325 g/mol. The summed E-state index contributed by atoms with van der Waals surface area (Å²) in [5, 5.41) is 24.7. The summed E-state index contributed by atoms with van der Waals surface area (Å²) in [5.41, 5.74) is 2.91. The van der Waals surface area contributed by atoms with E-state index in [4.69, 9.17) is 0 Å². The molecular formula is C17H15N3O4. The fourth-order valence-electron chi connectivity index (χ4n) is 2.08. The fourth-order valence-corrected chi connectivity index (χ4v) is 2.08. The molecule has 7 heteroatoms. The van der Waals surface area contributed by atoms with Gasteiger partial charge in [0.1, 0.15) is 11.3 Å². The molecule has 2 aromatic rings. The van der Waals surface area contributed by atoms with Gasteiger partial charge in [0.15, 0.2) is 0 Å². The fraction of sp³-hybridized carbons (Fsp3) is 0.0588. The molecule has 0 saturated heterocycles. The molecule has 1 amide bonds. The van der Waals surface area contributed by atoms with Crippen molar-refractivity contribution in [3.05, 3.63) is 81.9 Å². The molecule has 0 aromatic heterocycles. The molecule has 0 fully saturated rings. The Morgan fingerprint density at radius 3 is 2.75 bits per heavy atom. The Bertz CT molecular complexity index is 815. The van der Waals surface area contributed by atoms with Gasteiger partial charge in [-0.05, 0) is 24.1 Å². The third-order valence-electron chi connectivity index (χ3n) is 3.23. The number of para-hydroxylation sites is 2. The normalized spacial score (nSPS) is 10.5. The van der Waals surface area contributed by atoms with Gasteiger partial charge in [-0.25, -0.2) is 5.43 Å². The van der Waals surface area contributed by atoms with Crippen LogP contribution in [0.5, 0.6) is 5.75 Å². The number of hydrogen-bond acceptors (Lipinski definition) is 5. The molecule has 2 N–H and O–H groups in total. The number of benzene rings is 2. The molecule has 122 valence electrons. The largest absolute Gasteiger partial charge is 0.507 e. The van der Waals surface area contributed by atoms with Crippen molar-refractivity contribution in [2.45, 2.75) is 6.42 Å². The number of hydrazone groups is 1. The molecule has 0 aliphatic carbocycles. The van der Waals surface area contributed by atoms with E-state index in [1.807, 2.05) is 0 Å². The Balaban J connectivity index is 2.15. The van der Waals surface area contributed by atoms with E-state index in [0.717, 1.165) is 0 Å². The monoisotopic (exact) mass is 325 g/mol. The van der Waals surface area contributed by atoms with Gasteiger partial charge in [-0.15, -0.1) is 6.58 Å². The standard InChI is InChI=1S/C17H15N3O4/c1-2-6-12-7-5-8-13(16(12)21)11-18-19-17(22)14-9-3-4-10-15(14)20(23)24/h2-5,7-11,21H,1,6H2,(H,19,22)/b18-11-. The molecule has 0 aliphatic heterocycles. The first kappa shape index (κ1) is 16.9. The minimum absolute atomic E-state index is 0.0427. The van der Waals surface area contributed by atoms with Crippen LogP contribution < -0.4 is 5.43 Å². The number of nitro benzene ring substituents is 1. The third kappa shape index (κ3) is 3.83. The number of allylic oxidation sites excluding steroid dienone is 1. The molecule has 0 unspecified atom stereocenters. The second-order valence-electron chi connectivity index (χ2n) is 4.82. The number of nitrogens with one attached hydrogen (secondary N) is 1. The van der Waals surface area contributed by atoms with Gasteiger partial charge in [0, 0.05) is 11.6 Å². The van der Waals surface area contributed by atoms with Crippen molar-refractivity contribution in [3.63, 3.8) is 0 Å². The number of phenolic OH excluding ortho intramolecular Hbond substituents is 1. The van der Waals surface area contributed by atoms with Crippen LogP contribution in [0.15, 0.2) is 60.2 Å². The highest BCUT2D eigenvalue weighted by Crippen LogP contribution is 2.21. The number of amides is 1. The molecular weight excluding hydrogens is 310 g/mol. The highest BCUT2D eigenvalue weighted by atomic mass is 16.6. The molecule has 0 atom stereocenters. The number of nitro groups is 1. The number of aromatic hydroxyl groups is 1. The zero-order valence-electron chi connectivity index (χ0n) is 12.7. The lowest BCUT2D eigenvalue weighted by Gasteiger charge is -2.05. The smallest absolute Gasteiger partial charge is 0.282 e. The predicted molar refractivity (Wildman–Crippen MR) is 90.2 cm³/mol. The maximum Gasteiger partial charge on any atom is 0.282 e. The highest BCUT2D eigenvalue weighted by molar-refractivity contribution is 5.98. The Hall–Kier alpha value is -3.48. The average Bonchev–Trinajstić information content (AvgIpc) is 2.58. The van der Waals surface area contributed by atoms with Gasteiger partial charge in [-0.1, -0.05) is 30.3 Å². The van der Waals surface area contributed by atoms with Crippen LogP contribution in [0.4, 0.5) is 5.69 Å². The molecule has 0 heterocycles. The van der Waals surface area contributed by atoms with E-state index in [-0.39, 0.29) is 17.0 Å². The molecule has 0 spiro atoms. The van der Waals surface area contributed by atoms with Gasteiger partial charge in [-0.3, -0.25) is 14.9 Å². The van der Waals surface area contributed by atoms with Crippen LogP contribution in [0, 0.1) is 10.1 Å². The third-order valence-corrected chi connectivity index (χ3v) is 3.23. The quantitative estimate of drug-likeness (QED) is 0.369. The molecule has 0 aliphatic rings. The van der Waals surface area contributed by atoms with Crippen LogP contribution in [0.1, 0.15) is 21.5 Å². The number of nitrogens with zero attached hydrogens (tertiary/aromatic N) is 2. The molecule has 0 radical (unpaired) electrons. The molecule has 0 bridgehead atoms. The van der Waals surface area contributed by atoms with Crippen molar-refractivity contribution in [3.8, 4) is 5.75 Å². The lowest BCUT2D eigenvalue weighted by atomic mass is 10.1. The van der Waals surface area contributed by atoms with Gasteiger partial charge in [0.25, 0.3) is 11.6 Å². The van der Waals surface area contributed by atoms with Crippen LogP contribution in [-0.4, -0.2) is 22.2 Å². The number of hydrogen-bond donors (Lipinski definition) is 2. The molecule has 2 aromatic carbocycles. The first-order valence-corrected chi connectivity index (χ1v) is 7.03. The summed E-state index contributed by atoms with van der Waals surface area (Å²) in [4.78, 5) is 22.3. The number of carbonyl (C=O) groups is 1. The zero-order chi connectivity index (χ0) is 17.5. The topological polar surface area (TPSA) is 105 Å². The maximum absolute atomic E-state index is 12.0. The molecule has 24 heavy (non-hydrogen) atoms. The lowest BCUT2D eigenvalue weighted by molar-refractivity contribution is -0.385. The summed E-state index contributed by atoms with van der Waals surface area (Å²) in [7, 11) is 0. The second kappa shape index (κ2) is 7.68. The summed E-state index contributed by atoms with van der Waals surface area (Å²) in [6, 6.07) is 10.7. The first-order chi connectivity index (χ1) is 11.5. The van der Waals surface area contributed by atoms with Crippen molar-refractivity contribution in [1.82, 2.24) is 5.43 Å². The maximum atomic E-state index is 12.0. The van der Waals surface area contributed by atoms with E-state index < -0.39 is 10.8 Å². The molecule has 0 saturated carbocycles. The van der Waals surface area contributed by atoms with Crippen LogP contribution >= 0.6 is 0 Å². The van der Waals surface area contributed by atoms with Crippen LogP contribution in [0.25, 0.3) is 0 Å². The molecule has 7 nitrogen and oxygen atoms in total. The van der Waals surface area contributed by atoms with E-state index in [9.17, 15) is 20.0 Å². The Morgan fingerprint density at radius 2 is 2.04 bits per heavy atom. The highest BCUT2D eigenvalue weighted by Gasteiger charge is 2.18. The van der Waals surface area contributed by atoms with Crippen molar-refractivity contribution in [2.75, 3.05) is 0 Å². The van der Waals surface area contributed by atoms with Gasteiger partial charge in [-0.2, -0.15) is 5.10 Å². The van der Waals surface area contributed by atoms with Gasteiger partial charge in [0.2, 0.25) is 0 Å². The summed E-state index contributed by atoms with van der Waals surface area (Å²) in [6.45, 7) is 3.61. The number of rotatable bonds is 6. The molecule has 2 rings (SSSR count). The zero-order valence-corrected chi connectivity index (χ0v) is 12.7. The number of phenols is 1. The van der Waals surface area contributed by atoms with Gasteiger partial charge < -0.3 is 5.11 Å². The summed E-state index contributed by atoms with van der Waals surface area (Å²) in [6.07, 6.45) is 3.43. The summed E-state index contributed by atoms with van der Waals surface area (Å²) >= 11 is 0. The summed E-state index contributed by atoms with van der Waals surface area (Å²) < 4.78 is 0. The first-order valence-electron chi connectivity index (χ1n) is 7.03. The van der Waals surface area contributed by atoms with Crippen molar-refractivity contribution >= 4 is 17.8 Å². The Labute approximate surface area is 138 Å². The van der Waals surface area contributed by atoms with Crippen molar-refractivity contribution < 1.29 is 14.8 Å². The number of carbonyl (C=O) groups excluding carboxylic acids is 1. The summed E-state index contributed by atoms with van der Waals surface area (Å²) in [5.74, 6) is -0.665.